The van der Waals surface area contributed by atoms with E-state index in [-0.39, 0.29) is 36.8 Å². The SMILES string of the molecule is Cc1cnc(C(C)NC(=O)C2(N)CC2)s1.Cl.Cl. The molecule has 1 aromatic rings. The predicted molar refractivity (Wildman–Crippen MR) is 74.1 cm³/mol. The van der Waals surface area contributed by atoms with Crippen LogP contribution in [0.2, 0.25) is 0 Å². The molecule has 98 valence electrons. The molecule has 0 aliphatic heterocycles. The van der Waals surface area contributed by atoms with Gasteiger partial charge >= 0.3 is 0 Å². The van der Waals surface area contributed by atoms with Gasteiger partial charge < -0.3 is 11.1 Å². The Balaban J connectivity index is 0.00000128. The normalized spacial score (nSPS) is 17.4. The number of thiazole rings is 1. The van der Waals surface area contributed by atoms with Gasteiger partial charge in [0.15, 0.2) is 0 Å². The molecule has 1 aliphatic rings. The standard InChI is InChI=1S/C10H15N3OS.2ClH/c1-6-5-12-8(15-6)7(2)13-9(14)10(11)3-4-10;;/h5,7H,3-4,11H2,1-2H3,(H,13,14);2*1H. The first kappa shape index (κ1) is 16.6. The first-order chi connectivity index (χ1) is 7.01. The van der Waals surface area contributed by atoms with Crippen molar-refractivity contribution in [3.05, 3.63) is 16.1 Å². The minimum absolute atomic E-state index is 0. The van der Waals surface area contributed by atoms with Gasteiger partial charge in [-0.1, -0.05) is 0 Å². The zero-order chi connectivity index (χ0) is 11.1. The summed E-state index contributed by atoms with van der Waals surface area (Å²) in [6, 6.07) is -0.0442. The van der Waals surface area contributed by atoms with E-state index in [1.807, 2.05) is 20.0 Å². The van der Waals surface area contributed by atoms with E-state index in [4.69, 9.17) is 5.73 Å². The summed E-state index contributed by atoms with van der Waals surface area (Å²) in [6.45, 7) is 3.93. The van der Waals surface area contributed by atoms with Crippen LogP contribution < -0.4 is 11.1 Å². The number of carbonyl (C=O) groups is 1. The molecule has 1 amide bonds. The smallest absolute Gasteiger partial charge is 0.240 e. The number of nitrogens with one attached hydrogen (secondary N) is 1. The van der Waals surface area contributed by atoms with Gasteiger partial charge in [-0.3, -0.25) is 4.79 Å². The van der Waals surface area contributed by atoms with Crippen molar-refractivity contribution in [2.45, 2.75) is 38.3 Å². The van der Waals surface area contributed by atoms with Crippen LogP contribution in [0.5, 0.6) is 0 Å². The number of rotatable bonds is 3. The fourth-order valence-corrected chi connectivity index (χ4v) is 2.11. The Kier molecular flexibility index (Phi) is 5.87. The van der Waals surface area contributed by atoms with Crippen molar-refractivity contribution in [2.75, 3.05) is 0 Å². The van der Waals surface area contributed by atoms with Crippen LogP contribution in [0.3, 0.4) is 0 Å². The number of nitrogens with zero attached hydrogens (tertiary/aromatic N) is 1. The Morgan fingerprint density at radius 2 is 2.18 bits per heavy atom. The molecule has 0 aromatic carbocycles. The van der Waals surface area contributed by atoms with E-state index >= 15 is 0 Å². The zero-order valence-corrected chi connectivity index (χ0v) is 12.2. The number of carbonyl (C=O) groups excluding carboxylic acids is 1. The average molecular weight is 298 g/mol. The Hall–Kier alpha value is -0.360. The number of hydrogen-bond acceptors (Lipinski definition) is 4. The molecule has 7 heteroatoms. The summed E-state index contributed by atoms with van der Waals surface area (Å²) in [5.74, 6) is -0.0529. The highest BCUT2D eigenvalue weighted by Crippen LogP contribution is 2.33. The Morgan fingerprint density at radius 3 is 2.59 bits per heavy atom. The molecule has 4 nitrogen and oxygen atoms in total. The van der Waals surface area contributed by atoms with Crippen LogP contribution in [0.25, 0.3) is 0 Å². The summed E-state index contributed by atoms with van der Waals surface area (Å²) in [7, 11) is 0. The van der Waals surface area contributed by atoms with Crippen molar-refractivity contribution in [1.82, 2.24) is 10.3 Å². The number of halogens is 2. The van der Waals surface area contributed by atoms with Crippen LogP contribution in [0, 0.1) is 6.92 Å². The lowest BCUT2D eigenvalue weighted by atomic mass is 10.2. The minimum atomic E-state index is -0.597. The molecule has 0 radical (unpaired) electrons. The third-order valence-electron chi connectivity index (χ3n) is 2.60. The number of nitrogens with two attached hydrogens (primary N) is 1. The topological polar surface area (TPSA) is 68.0 Å². The molecular formula is C10H17Cl2N3OS. The molecule has 2 rings (SSSR count). The van der Waals surface area contributed by atoms with Crippen LogP contribution in [-0.2, 0) is 4.79 Å². The van der Waals surface area contributed by atoms with Crippen LogP contribution in [0.1, 0.15) is 35.7 Å². The van der Waals surface area contributed by atoms with Crippen molar-refractivity contribution in [3.8, 4) is 0 Å². The quantitative estimate of drug-likeness (QED) is 0.896. The third-order valence-corrected chi connectivity index (χ3v) is 3.69. The zero-order valence-electron chi connectivity index (χ0n) is 9.73. The summed E-state index contributed by atoms with van der Waals surface area (Å²) in [6.07, 6.45) is 3.41. The fourth-order valence-electron chi connectivity index (χ4n) is 1.34. The van der Waals surface area contributed by atoms with Crippen LogP contribution in [-0.4, -0.2) is 16.4 Å². The average Bonchev–Trinajstić information content (AvgIpc) is 2.77. The lowest BCUT2D eigenvalue weighted by Crippen LogP contribution is -2.43. The van der Waals surface area contributed by atoms with E-state index in [1.165, 1.54) is 0 Å². The van der Waals surface area contributed by atoms with Gasteiger partial charge in [0.1, 0.15) is 5.01 Å². The molecule has 0 bridgehead atoms. The highest BCUT2D eigenvalue weighted by Gasteiger charge is 2.46. The maximum Gasteiger partial charge on any atom is 0.240 e. The lowest BCUT2D eigenvalue weighted by Gasteiger charge is -2.14. The van der Waals surface area contributed by atoms with E-state index < -0.39 is 5.54 Å². The molecule has 1 atom stereocenters. The van der Waals surface area contributed by atoms with E-state index in [1.54, 1.807) is 11.3 Å². The van der Waals surface area contributed by atoms with Gasteiger partial charge in [-0.25, -0.2) is 4.98 Å². The van der Waals surface area contributed by atoms with Gasteiger partial charge in [0.25, 0.3) is 0 Å². The number of aromatic nitrogens is 1. The summed E-state index contributed by atoms with van der Waals surface area (Å²) < 4.78 is 0. The maximum atomic E-state index is 11.7. The Labute approximate surface area is 117 Å². The fraction of sp³-hybridized carbons (Fsp3) is 0.600. The Bertz CT molecular complexity index is 393. The summed E-state index contributed by atoms with van der Waals surface area (Å²) in [5, 5.41) is 3.83. The minimum Gasteiger partial charge on any atom is -0.346 e. The second-order valence-electron chi connectivity index (χ2n) is 4.16. The van der Waals surface area contributed by atoms with Crippen LogP contribution >= 0.6 is 36.2 Å². The van der Waals surface area contributed by atoms with E-state index in [9.17, 15) is 4.79 Å². The first-order valence-corrected chi connectivity index (χ1v) is 5.85. The van der Waals surface area contributed by atoms with Gasteiger partial charge in [-0.2, -0.15) is 0 Å². The molecule has 0 spiro atoms. The summed E-state index contributed by atoms with van der Waals surface area (Å²) in [4.78, 5) is 17.0. The molecule has 17 heavy (non-hydrogen) atoms. The molecular weight excluding hydrogens is 281 g/mol. The number of hydrogen-bond donors (Lipinski definition) is 2. The van der Waals surface area contributed by atoms with Crippen LogP contribution in [0.15, 0.2) is 6.20 Å². The van der Waals surface area contributed by atoms with E-state index in [0.717, 1.165) is 22.7 Å². The number of amides is 1. The predicted octanol–water partition coefficient (Wildman–Crippen LogP) is 1.96. The summed E-state index contributed by atoms with van der Waals surface area (Å²) in [5.41, 5.74) is 5.20. The Morgan fingerprint density at radius 1 is 1.59 bits per heavy atom. The number of aryl methyl sites for hydroxylation is 1. The highest BCUT2D eigenvalue weighted by atomic mass is 35.5. The molecule has 1 saturated carbocycles. The molecule has 0 saturated heterocycles. The first-order valence-electron chi connectivity index (χ1n) is 5.03. The molecule has 1 fully saturated rings. The van der Waals surface area contributed by atoms with Gasteiger partial charge in [-0.05, 0) is 26.7 Å². The second kappa shape index (κ2) is 6.00. The maximum absolute atomic E-state index is 11.7. The molecule has 1 aliphatic carbocycles. The van der Waals surface area contributed by atoms with Gasteiger partial charge in [0.05, 0.1) is 11.6 Å². The summed E-state index contributed by atoms with van der Waals surface area (Å²) >= 11 is 1.60. The lowest BCUT2D eigenvalue weighted by molar-refractivity contribution is -0.123. The third kappa shape index (κ3) is 3.81. The molecule has 1 heterocycles. The molecule has 1 aromatic heterocycles. The van der Waals surface area contributed by atoms with Gasteiger partial charge in [-0.15, -0.1) is 36.2 Å². The molecule has 1 unspecified atom stereocenters. The van der Waals surface area contributed by atoms with Crippen molar-refractivity contribution < 1.29 is 4.79 Å². The van der Waals surface area contributed by atoms with E-state index in [0.29, 0.717) is 0 Å². The molecule has 3 N–H and O–H groups in total. The van der Waals surface area contributed by atoms with Crippen molar-refractivity contribution in [2.24, 2.45) is 5.73 Å². The largest absolute Gasteiger partial charge is 0.346 e. The van der Waals surface area contributed by atoms with Crippen molar-refractivity contribution in [3.63, 3.8) is 0 Å². The van der Waals surface area contributed by atoms with Gasteiger partial charge in [0, 0.05) is 11.1 Å². The van der Waals surface area contributed by atoms with Crippen molar-refractivity contribution >= 4 is 42.1 Å². The highest BCUT2D eigenvalue weighted by molar-refractivity contribution is 7.11. The van der Waals surface area contributed by atoms with Crippen molar-refractivity contribution in [1.29, 1.82) is 0 Å². The van der Waals surface area contributed by atoms with Crippen LogP contribution in [0.4, 0.5) is 0 Å². The second-order valence-corrected chi connectivity index (χ2v) is 5.43. The van der Waals surface area contributed by atoms with Gasteiger partial charge in [0.2, 0.25) is 5.91 Å². The van der Waals surface area contributed by atoms with E-state index in [2.05, 4.69) is 10.3 Å². The monoisotopic (exact) mass is 297 g/mol.